The van der Waals surface area contributed by atoms with Gasteiger partial charge in [-0.15, -0.1) is 0 Å². The van der Waals surface area contributed by atoms with Crippen molar-refractivity contribution in [2.75, 3.05) is 32.1 Å². The minimum absolute atomic E-state index is 0.0439. The second-order valence-corrected chi connectivity index (χ2v) is 13.3. The van der Waals surface area contributed by atoms with E-state index >= 15 is 0 Å². The number of nitrogens with zero attached hydrogens (tertiary/aromatic N) is 5. The Bertz CT molecular complexity index is 1850. The first kappa shape index (κ1) is 35.7. The summed E-state index contributed by atoms with van der Waals surface area (Å²) in [7, 11) is 1.72. The van der Waals surface area contributed by atoms with Crippen LogP contribution in [0.4, 0.5) is 10.5 Å². The zero-order valence-electron chi connectivity index (χ0n) is 28.6. The van der Waals surface area contributed by atoms with Crippen molar-refractivity contribution in [2.24, 2.45) is 5.73 Å². The number of hydrogen-bond acceptors (Lipinski definition) is 10. The number of aliphatic hydroxyl groups excluding tert-OH is 1. The zero-order valence-corrected chi connectivity index (χ0v) is 28.6. The summed E-state index contributed by atoms with van der Waals surface area (Å²) in [4.78, 5) is 61.0. The number of primary amides is 1. The van der Waals surface area contributed by atoms with Crippen molar-refractivity contribution >= 4 is 29.5 Å². The molecule has 0 aliphatic heterocycles. The Kier molecular flexibility index (Phi) is 10.7. The van der Waals surface area contributed by atoms with Gasteiger partial charge in [0.1, 0.15) is 11.9 Å². The lowest BCUT2D eigenvalue weighted by atomic mass is 10.00. The Morgan fingerprint density at radius 1 is 1.10 bits per heavy atom. The predicted molar refractivity (Wildman–Crippen MR) is 183 cm³/mol. The number of amides is 4. The lowest BCUT2D eigenvalue weighted by Gasteiger charge is -2.21. The van der Waals surface area contributed by atoms with Gasteiger partial charge >= 0.3 is 6.09 Å². The molecule has 15 heteroatoms. The molecule has 264 valence electrons. The number of ether oxygens (including phenoxy) is 1. The topological polar surface area (TPSA) is 208 Å². The van der Waals surface area contributed by atoms with Crippen LogP contribution in [0.5, 0.6) is 0 Å². The third-order valence-electron chi connectivity index (χ3n) is 8.18. The number of aromatic nitrogens is 4. The zero-order chi connectivity index (χ0) is 36.1. The number of pyridine rings is 1. The van der Waals surface area contributed by atoms with Crippen molar-refractivity contribution in [2.45, 2.75) is 63.9 Å². The molecule has 50 heavy (non-hydrogen) atoms. The van der Waals surface area contributed by atoms with Crippen molar-refractivity contribution < 1.29 is 33.4 Å². The quantitative estimate of drug-likeness (QED) is 0.140. The van der Waals surface area contributed by atoms with Gasteiger partial charge < -0.3 is 35.5 Å². The number of aliphatic hydroxyl groups is 1. The molecule has 0 unspecified atom stereocenters. The van der Waals surface area contributed by atoms with Crippen LogP contribution in [0.25, 0.3) is 17.1 Å². The Morgan fingerprint density at radius 3 is 2.50 bits per heavy atom. The van der Waals surface area contributed by atoms with E-state index in [1.54, 1.807) is 69.2 Å². The maximum Gasteiger partial charge on any atom is 0.407 e. The number of nitrogens with two attached hydrogens (primary N) is 1. The number of anilines is 1. The molecule has 4 amide bonds. The smallest absolute Gasteiger partial charge is 0.407 e. The number of rotatable bonds is 14. The fraction of sp³-hybridized carbons (Fsp3) is 0.400. The largest absolute Gasteiger partial charge is 0.444 e. The summed E-state index contributed by atoms with van der Waals surface area (Å²) in [6.45, 7) is 6.46. The highest BCUT2D eigenvalue weighted by molar-refractivity contribution is 6.07. The highest BCUT2D eigenvalue weighted by Gasteiger charge is 2.46. The van der Waals surface area contributed by atoms with Crippen LogP contribution in [0.2, 0.25) is 0 Å². The molecule has 4 aromatic rings. The third-order valence-corrected chi connectivity index (χ3v) is 8.18. The molecule has 1 aromatic carbocycles. The van der Waals surface area contributed by atoms with Crippen LogP contribution in [-0.4, -0.2) is 85.9 Å². The summed E-state index contributed by atoms with van der Waals surface area (Å²) in [6.07, 6.45) is 7.75. The molecule has 1 fully saturated rings. The van der Waals surface area contributed by atoms with Gasteiger partial charge in [-0.2, -0.15) is 5.10 Å². The molecule has 0 saturated heterocycles. The molecular weight excluding hydrogens is 644 g/mol. The number of carbonyl (C=O) groups is 4. The van der Waals surface area contributed by atoms with Crippen LogP contribution in [0.15, 0.2) is 59.5 Å². The van der Waals surface area contributed by atoms with Crippen LogP contribution in [0.3, 0.4) is 0 Å². The minimum atomic E-state index is -0.853. The number of hydrogen-bond donors (Lipinski definition) is 4. The molecule has 15 nitrogen and oxygen atoms in total. The number of carbonyl (C=O) groups excluding carboxylic acids is 4. The molecule has 0 radical (unpaired) electrons. The van der Waals surface area contributed by atoms with Crippen molar-refractivity contribution in [3.63, 3.8) is 0 Å². The van der Waals surface area contributed by atoms with Gasteiger partial charge in [-0.1, -0.05) is 0 Å². The standard InChI is InChI=1S/C35H42N8O7/c1-34(2,3)50-33(48)38-21-35(13-14-35)27-18-23(12-15-37-27)31-40-26(20-49-31)30(46)39-25-19-43(41-28(25)29(36)45)24-10-8-22(9-11-24)32(47)42(4)16-6-5-7-17-44/h8-12,15,18-20,44H,5-7,13-14,16-17,21H2,1-4H3,(H2,36,45)(H,38,48)(H,39,46). The number of alkyl carbamates (subject to hydrolysis) is 1. The van der Waals surface area contributed by atoms with Crippen molar-refractivity contribution in [3.05, 3.63) is 77.7 Å². The first-order valence-corrected chi connectivity index (χ1v) is 16.4. The van der Waals surface area contributed by atoms with Crippen molar-refractivity contribution in [3.8, 4) is 17.1 Å². The van der Waals surface area contributed by atoms with E-state index in [1.807, 2.05) is 6.07 Å². The first-order chi connectivity index (χ1) is 23.8. The molecule has 1 aliphatic carbocycles. The highest BCUT2D eigenvalue weighted by atomic mass is 16.6. The molecule has 5 rings (SSSR count). The van der Waals surface area contributed by atoms with Gasteiger partial charge in [-0.25, -0.2) is 14.5 Å². The van der Waals surface area contributed by atoms with Crippen LogP contribution in [0.1, 0.15) is 89.9 Å². The number of oxazole rings is 1. The van der Waals surface area contributed by atoms with Crippen LogP contribution < -0.4 is 16.4 Å². The summed E-state index contributed by atoms with van der Waals surface area (Å²) in [5.74, 6) is -1.47. The predicted octanol–water partition coefficient (Wildman–Crippen LogP) is 4.06. The van der Waals surface area contributed by atoms with E-state index in [-0.39, 0.29) is 40.9 Å². The van der Waals surface area contributed by atoms with Gasteiger partial charge in [-0.3, -0.25) is 19.4 Å². The van der Waals surface area contributed by atoms with Crippen LogP contribution >= 0.6 is 0 Å². The van der Waals surface area contributed by atoms with Gasteiger partial charge in [-0.05, 0) is 89.3 Å². The van der Waals surface area contributed by atoms with Crippen LogP contribution in [-0.2, 0) is 10.2 Å². The molecule has 5 N–H and O–H groups in total. The summed E-state index contributed by atoms with van der Waals surface area (Å²) in [6, 6.07) is 10.2. The van der Waals surface area contributed by atoms with Gasteiger partial charge in [0.15, 0.2) is 11.4 Å². The van der Waals surface area contributed by atoms with Gasteiger partial charge in [0.05, 0.1) is 17.6 Å². The van der Waals surface area contributed by atoms with E-state index in [2.05, 4.69) is 25.7 Å². The molecule has 1 aliphatic rings. The number of nitrogens with one attached hydrogen (secondary N) is 2. The Labute approximate surface area is 289 Å². The average Bonchev–Trinajstić information content (AvgIpc) is 3.49. The summed E-state index contributed by atoms with van der Waals surface area (Å²) >= 11 is 0. The molecule has 0 atom stereocenters. The van der Waals surface area contributed by atoms with Gasteiger partial charge in [0.2, 0.25) is 5.89 Å². The SMILES string of the molecule is CN(CCCCCO)C(=O)c1ccc(-n2cc(NC(=O)c3coc(-c4ccnc(C5(CNC(=O)OC(C)(C)C)CC5)c4)n3)c(C(N)=O)n2)cc1. The molecule has 0 spiro atoms. The summed E-state index contributed by atoms with van der Waals surface area (Å²) < 4.78 is 12.4. The normalized spacial score (nSPS) is 13.4. The van der Waals surface area contributed by atoms with E-state index in [4.69, 9.17) is 20.0 Å². The van der Waals surface area contributed by atoms with Gasteiger partial charge in [0, 0.05) is 55.2 Å². The average molecular weight is 687 g/mol. The lowest BCUT2D eigenvalue weighted by Crippen LogP contribution is -2.37. The second kappa shape index (κ2) is 14.9. The lowest BCUT2D eigenvalue weighted by molar-refractivity contribution is 0.0521. The summed E-state index contributed by atoms with van der Waals surface area (Å²) in [5, 5.41) is 18.7. The van der Waals surface area contributed by atoms with Crippen molar-refractivity contribution in [1.82, 2.24) is 30.0 Å². The summed E-state index contributed by atoms with van der Waals surface area (Å²) in [5.41, 5.74) is 6.84. The first-order valence-electron chi connectivity index (χ1n) is 16.4. The Hall–Kier alpha value is -5.57. The van der Waals surface area contributed by atoms with E-state index < -0.39 is 23.5 Å². The van der Waals surface area contributed by atoms with E-state index in [1.165, 1.54) is 17.1 Å². The van der Waals surface area contributed by atoms with E-state index in [9.17, 15) is 19.2 Å². The molecule has 1 saturated carbocycles. The van der Waals surface area contributed by atoms with Crippen LogP contribution in [0, 0.1) is 0 Å². The van der Waals surface area contributed by atoms with E-state index in [0.717, 1.165) is 31.4 Å². The monoisotopic (exact) mass is 686 g/mol. The van der Waals surface area contributed by atoms with Gasteiger partial charge in [0.25, 0.3) is 17.7 Å². The molecular formula is C35H42N8O7. The fourth-order valence-electron chi connectivity index (χ4n) is 5.28. The number of benzene rings is 1. The number of unbranched alkanes of at least 4 members (excludes halogenated alkanes) is 2. The van der Waals surface area contributed by atoms with E-state index in [0.29, 0.717) is 36.3 Å². The maximum atomic E-state index is 13.2. The van der Waals surface area contributed by atoms with Crippen molar-refractivity contribution in [1.29, 1.82) is 0 Å². The maximum absolute atomic E-state index is 13.2. The molecule has 3 aromatic heterocycles. The Morgan fingerprint density at radius 2 is 1.84 bits per heavy atom. The highest BCUT2D eigenvalue weighted by Crippen LogP contribution is 2.47. The molecule has 0 bridgehead atoms. The fourth-order valence-corrected chi connectivity index (χ4v) is 5.28. The third kappa shape index (κ3) is 8.71. The Balaban J connectivity index is 1.25. The molecule has 3 heterocycles. The second-order valence-electron chi connectivity index (χ2n) is 13.3. The minimum Gasteiger partial charge on any atom is -0.444 e.